The molecule has 0 radical (unpaired) electrons. The molecule has 0 aromatic heterocycles. The van der Waals surface area contributed by atoms with Gasteiger partial charge in [0.25, 0.3) is 0 Å². The van der Waals surface area contributed by atoms with Gasteiger partial charge >= 0.3 is 0 Å². The summed E-state index contributed by atoms with van der Waals surface area (Å²) >= 11 is 1.74. The van der Waals surface area contributed by atoms with Gasteiger partial charge in [-0.05, 0) is 38.3 Å². The average Bonchev–Trinajstić information content (AvgIpc) is 2.84. The standard InChI is InChI=1S/C25H33N5O2S/c1-4-29(5-2)19-6-8-21-23(16-19)32-24-17-20(7-9-22(24)27-21)30-13-11-28(12-14-30)18-25(31)26-10-15-33-3/h6-9,16-17H,4-5,10-15,18H2,1-3H3/p+1. The Morgan fingerprint density at radius 3 is 2.70 bits per heavy atom. The van der Waals surface area contributed by atoms with E-state index in [0.717, 1.165) is 85.2 Å². The molecule has 0 saturated carbocycles. The molecule has 7 nitrogen and oxygen atoms in total. The lowest BCUT2D eigenvalue weighted by molar-refractivity contribution is -0.122. The van der Waals surface area contributed by atoms with Gasteiger partial charge in [0, 0.05) is 43.2 Å². The minimum atomic E-state index is 0.115. The third-order valence-corrected chi connectivity index (χ3v) is 6.82. The number of hydrogen-bond acceptors (Lipinski definition) is 6. The fourth-order valence-corrected chi connectivity index (χ4v) is 4.61. The number of hydrogen-bond donors (Lipinski definition) is 1. The molecule has 1 aliphatic carbocycles. The van der Waals surface area contributed by atoms with Crippen LogP contribution in [0.1, 0.15) is 13.8 Å². The van der Waals surface area contributed by atoms with Crippen LogP contribution in [0, 0.1) is 0 Å². The lowest BCUT2D eigenvalue weighted by Gasteiger charge is -2.24. The zero-order chi connectivity index (χ0) is 23.2. The van der Waals surface area contributed by atoms with Crippen LogP contribution < -0.4 is 20.1 Å². The molecule has 2 aliphatic heterocycles. The van der Waals surface area contributed by atoms with Crippen molar-refractivity contribution < 1.29 is 9.21 Å². The van der Waals surface area contributed by atoms with E-state index in [4.69, 9.17) is 9.40 Å². The lowest BCUT2D eigenvalue weighted by atomic mass is 10.2. The molecule has 1 N–H and O–H groups in total. The highest BCUT2D eigenvalue weighted by Crippen LogP contribution is 2.27. The largest absolute Gasteiger partial charge is 0.452 e. The maximum absolute atomic E-state index is 12.1. The molecule has 2 heterocycles. The van der Waals surface area contributed by atoms with Gasteiger partial charge < -0.3 is 14.6 Å². The van der Waals surface area contributed by atoms with Gasteiger partial charge in [-0.25, -0.2) is 9.56 Å². The maximum atomic E-state index is 12.1. The van der Waals surface area contributed by atoms with Crippen LogP contribution in [0.4, 0.5) is 5.69 Å². The molecule has 8 heteroatoms. The Kier molecular flexibility index (Phi) is 7.88. The highest BCUT2D eigenvalue weighted by molar-refractivity contribution is 7.98. The molecule has 1 aromatic rings. The van der Waals surface area contributed by atoms with Gasteiger partial charge in [-0.2, -0.15) is 11.8 Å². The quantitative estimate of drug-likeness (QED) is 0.311. The number of rotatable bonds is 8. The molecule has 33 heavy (non-hydrogen) atoms. The zero-order valence-electron chi connectivity index (χ0n) is 19.8. The molecule has 4 rings (SSSR count). The van der Waals surface area contributed by atoms with Crippen LogP contribution in [0.5, 0.6) is 0 Å². The fourth-order valence-electron chi connectivity index (χ4n) is 4.30. The number of carbonyl (C=O) groups is 1. The van der Waals surface area contributed by atoms with Gasteiger partial charge in [0.2, 0.25) is 11.3 Å². The summed E-state index contributed by atoms with van der Waals surface area (Å²) in [6.45, 7) is 11.0. The third kappa shape index (κ3) is 5.68. The Morgan fingerprint density at radius 1 is 1.18 bits per heavy atom. The summed E-state index contributed by atoms with van der Waals surface area (Å²) in [6, 6.07) is 12.5. The Bertz CT molecular complexity index is 1130. The van der Waals surface area contributed by atoms with Crippen LogP contribution in [0.2, 0.25) is 0 Å². The van der Waals surface area contributed by atoms with Gasteiger partial charge in [0.1, 0.15) is 11.2 Å². The van der Waals surface area contributed by atoms with Gasteiger partial charge in [0.05, 0.1) is 25.7 Å². The van der Waals surface area contributed by atoms with E-state index in [9.17, 15) is 4.79 Å². The minimum Gasteiger partial charge on any atom is -0.452 e. The van der Waals surface area contributed by atoms with E-state index < -0.39 is 0 Å². The second-order valence-corrected chi connectivity index (χ2v) is 9.28. The molecule has 176 valence electrons. The number of piperazine rings is 1. The second kappa shape index (κ2) is 11.0. The Labute approximate surface area is 199 Å². The second-order valence-electron chi connectivity index (χ2n) is 8.30. The van der Waals surface area contributed by atoms with Crippen molar-refractivity contribution in [2.24, 2.45) is 0 Å². The zero-order valence-corrected chi connectivity index (χ0v) is 20.7. The first kappa shape index (κ1) is 23.6. The molecule has 0 bridgehead atoms. The first-order chi connectivity index (χ1) is 16.1. The summed E-state index contributed by atoms with van der Waals surface area (Å²) < 4.78 is 8.65. The summed E-state index contributed by atoms with van der Waals surface area (Å²) in [4.78, 5) is 21.4. The first-order valence-corrected chi connectivity index (χ1v) is 13.2. The summed E-state index contributed by atoms with van der Waals surface area (Å²) in [7, 11) is 0. The summed E-state index contributed by atoms with van der Waals surface area (Å²) in [5.41, 5.74) is 3.70. The van der Waals surface area contributed by atoms with Crippen LogP contribution in [0.3, 0.4) is 0 Å². The van der Waals surface area contributed by atoms with Crippen molar-refractivity contribution in [2.75, 3.05) is 69.3 Å². The van der Waals surface area contributed by atoms with Gasteiger partial charge in [0.15, 0.2) is 24.4 Å². The molecule has 1 fully saturated rings. The van der Waals surface area contributed by atoms with Crippen molar-refractivity contribution in [3.8, 4) is 11.5 Å². The van der Waals surface area contributed by atoms with Crippen LogP contribution in [-0.4, -0.2) is 80.2 Å². The van der Waals surface area contributed by atoms with Crippen LogP contribution >= 0.6 is 11.8 Å². The SMILES string of the molecule is CCN(CC)c1ccc2nc3ccc(=[N+]4CCN(CC(=O)NCCSC)CC4)cc-3oc2c1. The van der Waals surface area contributed by atoms with Gasteiger partial charge in [-0.15, -0.1) is 0 Å². The van der Waals surface area contributed by atoms with Crippen molar-refractivity contribution in [2.45, 2.75) is 13.8 Å². The van der Waals surface area contributed by atoms with Crippen LogP contribution in [0.25, 0.3) is 22.6 Å². The van der Waals surface area contributed by atoms with E-state index in [1.807, 2.05) is 18.4 Å². The minimum absolute atomic E-state index is 0.115. The van der Waals surface area contributed by atoms with E-state index in [-0.39, 0.29) is 5.91 Å². The van der Waals surface area contributed by atoms with Crippen molar-refractivity contribution in [3.05, 3.63) is 41.8 Å². The molecular weight excluding hydrogens is 434 g/mol. The number of aromatic nitrogens is 1. The number of fused-ring (bicyclic) bond motifs is 2. The molecule has 1 aromatic carbocycles. The van der Waals surface area contributed by atoms with Crippen molar-refractivity contribution in [1.29, 1.82) is 0 Å². The number of thioether (sulfide) groups is 1. The lowest BCUT2D eigenvalue weighted by Crippen LogP contribution is -2.50. The van der Waals surface area contributed by atoms with E-state index in [0.29, 0.717) is 6.54 Å². The summed E-state index contributed by atoms with van der Waals surface area (Å²) in [5, 5.41) is 4.12. The van der Waals surface area contributed by atoms with Crippen molar-refractivity contribution in [1.82, 2.24) is 19.8 Å². The molecule has 0 unspecified atom stereocenters. The number of nitrogens with zero attached hydrogens (tertiary/aromatic N) is 4. The molecule has 1 amide bonds. The monoisotopic (exact) mass is 468 g/mol. The van der Waals surface area contributed by atoms with Crippen molar-refractivity contribution >= 4 is 34.5 Å². The fraction of sp³-hybridized carbons (Fsp3) is 0.480. The average molecular weight is 469 g/mol. The Morgan fingerprint density at radius 2 is 1.97 bits per heavy atom. The highest BCUT2D eigenvalue weighted by atomic mass is 32.2. The highest BCUT2D eigenvalue weighted by Gasteiger charge is 2.22. The van der Waals surface area contributed by atoms with Crippen molar-refractivity contribution in [3.63, 3.8) is 0 Å². The normalized spacial score (nSPS) is 14.7. The van der Waals surface area contributed by atoms with Crippen LogP contribution in [-0.2, 0) is 4.79 Å². The number of carbonyl (C=O) groups excluding carboxylic acids is 1. The number of anilines is 1. The predicted octanol–water partition coefficient (Wildman–Crippen LogP) is 2.35. The summed E-state index contributed by atoms with van der Waals surface area (Å²) in [5.74, 6) is 1.87. The maximum Gasteiger partial charge on any atom is 0.234 e. The number of amides is 1. The molecule has 0 spiro atoms. The predicted molar refractivity (Wildman–Crippen MR) is 137 cm³/mol. The third-order valence-electron chi connectivity index (χ3n) is 6.21. The van der Waals surface area contributed by atoms with E-state index in [1.165, 1.54) is 0 Å². The van der Waals surface area contributed by atoms with E-state index in [2.05, 4.69) is 57.8 Å². The number of nitrogens with one attached hydrogen (secondary N) is 1. The van der Waals surface area contributed by atoms with E-state index in [1.54, 1.807) is 11.8 Å². The number of benzene rings is 2. The molecule has 1 saturated heterocycles. The van der Waals surface area contributed by atoms with Gasteiger partial charge in [-0.1, -0.05) is 0 Å². The Balaban J connectivity index is 1.52. The van der Waals surface area contributed by atoms with E-state index >= 15 is 0 Å². The van der Waals surface area contributed by atoms with Crippen LogP contribution in [0.15, 0.2) is 40.8 Å². The topological polar surface area (TPSA) is 64.6 Å². The smallest absolute Gasteiger partial charge is 0.234 e. The van der Waals surface area contributed by atoms with Gasteiger partial charge in [-0.3, -0.25) is 9.69 Å². The summed E-state index contributed by atoms with van der Waals surface area (Å²) in [6.07, 6.45) is 2.05. The molecular formula is C25H34N5O2S+. The molecule has 0 atom stereocenters. The first-order valence-electron chi connectivity index (χ1n) is 11.8. The molecule has 3 aliphatic rings. The Hall–Kier alpha value is -2.58.